The molecule has 2 amide bonds. The Morgan fingerprint density at radius 3 is 2.30 bits per heavy atom. The molecular formula is C14H8Cl2F4N2O. The fourth-order valence-corrected chi connectivity index (χ4v) is 2.07. The van der Waals surface area contributed by atoms with Gasteiger partial charge in [0.25, 0.3) is 0 Å². The molecule has 0 radical (unpaired) electrons. The van der Waals surface area contributed by atoms with Crippen LogP contribution in [0.5, 0.6) is 0 Å². The zero-order valence-corrected chi connectivity index (χ0v) is 12.7. The van der Waals surface area contributed by atoms with Gasteiger partial charge >= 0.3 is 12.2 Å². The van der Waals surface area contributed by atoms with E-state index in [1.54, 1.807) is 0 Å². The molecule has 2 aromatic carbocycles. The molecule has 0 fully saturated rings. The minimum Gasteiger partial charge on any atom is -0.308 e. The molecule has 9 heteroatoms. The predicted octanol–water partition coefficient (Wildman–Crippen LogP) is 5.80. The molecule has 0 spiro atoms. The highest BCUT2D eigenvalue weighted by Gasteiger charge is 2.34. The van der Waals surface area contributed by atoms with Crippen molar-refractivity contribution in [2.24, 2.45) is 0 Å². The minimum absolute atomic E-state index is 0.117. The third-order valence-electron chi connectivity index (χ3n) is 2.71. The molecule has 0 saturated heterocycles. The molecule has 0 aromatic heterocycles. The number of anilines is 2. The van der Waals surface area contributed by atoms with Crippen molar-refractivity contribution >= 4 is 40.6 Å². The summed E-state index contributed by atoms with van der Waals surface area (Å²) in [5.74, 6) is -0.685. The molecule has 2 rings (SSSR count). The second kappa shape index (κ2) is 6.64. The van der Waals surface area contributed by atoms with Gasteiger partial charge < -0.3 is 10.6 Å². The lowest BCUT2D eigenvalue weighted by molar-refractivity contribution is -0.136. The topological polar surface area (TPSA) is 41.1 Å². The smallest absolute Gasteiger partial charge is 0.308 e. The molecule has 23 heavy (non-hydrogen) atoms. The van der Waals surface area contributed by atoms with E-state index in [0.29, 0.717) is 6.07 Å². The fourth-order valence-electron chi connectivity index (χ4n) is 1.72. The maximum Gasteiger partial charge on any atom is 0.418 e. The normalized spacial score (nSPS) is 11.2. The van der Waals surface area contributed by atoms with Gasteiger partial charge in [0, 0.05) is 10.7 Å². The summed E-state index contributed by atoms with van der Waals surface area (Å²) in [4.78, 5) is 11.8. The van der Waals surface area contributed by atoms with Gasteiger partial charge in [0.1, 0.15) is 5.82 Å². The van der Waals surface area contributed by atoms with Gasteiger partial charge in [-0.25, -0.2) is 9.18 Å². The molecule has 3 nitrogen and oxygen atoms in total. The molecule has 0 bridgehead atoms. The largest absolute Gasteiger partial charge is 0.418 e. The Bertz CT molecular complexity index is 750. The zero-order chi connectivity index (χ0) is 17.2. The predicted molar refractivity (Wildman–Crippen MR) is 80.5 cm³/mol. The van der Waals surface area contributed by atoms with Crippen LogP contribution in [0.3, 0.4) is 0 Å². The van der Waals surface area contributed by atoms with Crippen LogP contribution in [0.25, 0.3) is 0 Å². The number of halogens is 6. The molecule has 0 saturated carbocycles. The Kier molecular flexibility index (Phi) is 5.01. The van der Waals surface area contributed by atoms with Crippen LogP contribution in [0.2, 0.25) is 10.0 Å². The molecule has 0 aliphatic heterocycles. The fraction of sp³-hybridized carbons (Fsp3) is 0.0714. The summed E-state index contributed by atoms with van der Waals surface area (Å²) in [7, 11) is 0. The number of nitrogens with one attached hydrogen (secondary N) is 2. The number of amides is 2. The highest BCUT2D eigenvalue weighted by atomic mass is 35.5. The number of urea groups is 1. The Hall–Kier alpha value is -1.99. The third kappa shape index (κ3) is 4.49. The first-order chi connectivity index (χ1) is 10.7. The van der Waals surface area contributed by atoms with E-state index in [0.717, 1.165) is 18.2 Å². The van der Waals surface area contributed by atoms with Gasteiger partial charge in [-0.3, -0.25) is 0 Å². The molecule has 0 heterocycles. The Labute approximate surface area is 138 Å². The van der Waals surface area contributed by atoms with Crippen LogP contribution in [0.4, 0.5) is 33.7 Å². The summed E-state index contributed by atoms with van der Waals surface area (Å²) in [6.45, 7) is 0. The second-order valence-electron chi connectivity index (χ2n) is 4.40. The molecule has 122 valence electrons. The Balaban J connectivity index is 2.19. The maximum absolute atomic E-state index is 13.0. The number of alkyl halides is 3. The summed E-state index contributed by atoms with van der Waals surface area (Å²) in [5.41, 5.74) is -1.43. The summed E-state index contributed by atoms with van der Waals surface area (Å²) in [5, 5.41) is 3.96. The monoisotopic (exact) mass is 366 g/mol. The van der Waals surface area contributed by atoms with Crippen molar-refractivity contribution in [3.05, 3.63) is 57.8 Å². The molecule has 0 aliphatic carbocycles. The van der Waals surface area contributed by atoms with Crippen molar-refractivity contribution in [1.82, 2.24) is 0 Å². The van der Waals surface area contributed by atoms with Crippen LogP contribution in [0.1, 0.15) is 5.56 Å². The highest BCUT2D eigenvalue weighted by molar-refractivity contribution is 6.31. The summed E-state index contributed by atoms with van der Waals surface area (Å²) in [6, 6.07) is 5.35. The van der Waals surface area contributed by atoms with Crippen molar-refractivity contribution in [3.8, 4) is 0 Å². The number of hydrogen-bond donors (Lipinski definition) is 2. The van der Waals surface area contributed by atoms with Crippen LogP contribution in [-0.2, 0) is 6.18 Å². The quantitative estimate of drug-likeness (QED) is 0.648. The highest BCUT2D eigenvalue weighted by Crippen LogP contribution is 2.36. The SMILES string of the molecule is O=C(Nc1ccc(F)c(Cl)c1)Nc1ccc(Cl)cc1C(F)(F)F. The number of rotatable bonds is 2. The standard InChI is InChI=1S/C14H8Cl2F4N2O/c15-7-1-4-12(9(5-7)14(18,19)20)22-13(23)21-8-2-3-11(17)10(16)6-8/h1-6H,(H2,21,22,23). The van der Waals surface area contributed by atoms with Gasteiger partial charge in [0.05, 0.1) is 16.3 Å². The summed E-state index contributed by atoms with van der Waals surface area (Å²) < 4.78 is 51.7. The van der Waals surface area contributed by atoms with Crippen LogP contribution >= 0.6 is 23.2 Å². The van der Waals surface area contributed by atoms with Gasteiger partial charge in [-0.2, -0.15) is 13.2 Å². The van der Waals surface area contributed by atoms with Crippen LogP contribution < -0.4 is 10.6 Å². The van der Waals surface area contributed by atoms with Crippen molar-refractivity contribution < 1.29 is 22.4 Å². The van der Waals surface area contributed by atoms with Crippen LogP contribution in [-0.4, -0.2) is 6.03 Å². The van der Waals surface area contributed by atoms with Gasteiger partial charge in [-0.15, -0.1) is 0 Å². The Morgan fingerprint density at radius 1 is 1.00 bits per heavy atom. The van der Waals surface area contributed by atoms with E-state index in [-0.39, 0.29) is 15.7 Å². The minimum atomic E-state index is -4.69. The van der Waals surface area contributed by atoms with E-state index in [2.05, 4.69) is 10.6 Å². The van der Waals surface area contributed by atoms with Gasteiger partial charge in [-0.1, -0.05) is 23.2 Å². The first-order valence-corrected chi connectivity index (χ1v) is 6.82. The molecule has 0 atom stereocenters. The molecule has 0 unspecified atom stereocenters. The Morgan fingerprint density at radius 2 is 1.70 bits per heavy atom. The number of carbonyl (C=O) groups excluding carboxylic acids is 1. The van der Waals surface area contributed by atoms with Crippen molar-refractivity contribution in [2.45, 2.75) is 6.18 Å². The lowest BCUT2D eigenvalue weighted by Gasteiger charge is -2.14. The maximum atomic E-state index is 13.0. The van der Waals surface area contributed by atoms with E-state index in [1.165, 1.54) is 12.1 Å². The van der Waals surface area contributed by atoms with Crippen LogP contribution in [0, 0.1) is 5.82 Å². The van der Waals surface area contributed by atoms with E-state index in [9.17, 15) is 22.4 Å². The molecule has 2 N–H and O–H groups in total. The van der Waals surface area contributed by atoms with E-state index >= 15 is 0 Å². The molecular weight excluding hydrogens is 359 g/mol. The number of carbonyl (C=O) groups is 1. The number of hydrogen-bond acceptors (Lipinski definition) is 1. The van der Waals surface area contributed by atoms with E-state index in [4.69, 9.17) is 23.2 Å². The second-order valence-corrected chi connectivity index (χ2v) is 5.24. The van der Waals surface area contributed by atoms with Gasteiger partial charge in [-0.05, 0) is 36.4 Å². The summed E-state index contributed by atoms with van der Waals surface area (Å²) >= 11 is 11.1. The van der Waals surface area contributed by atoms with Gasteiger partial charge in [0.2, 0.25) is 0 Å². The first-order valence-electron chi connectivity index (χ1n) is 6.06. The van der Waals surface area contributed by atoms with Crippen molar-refractivity contribution in [1.29, 1.82) is 0 Å². The molecule has 2 aromatic rings. The van der Waals surface area contributed by atoms with Gasteiger partial charge in [0.15, 0.2) is 0 Å². The number of benzene rings is 2. The lowest BCUT2D eigenvalue weighted by Crippen LogP contribution is -2.21. The third-order valence-corrected chi connectivity index (χ3v) is 3.24. The van der Waals surface area contributed by atoms with E-state index in [1.807, 2.05) is 0 Å². The average molecular weight is 367 g/mol. The van der Waals surface area contributed by atoms with Crippen molar-refractivity contribution in [3.63, 3.8) is 0 Å². The zero-order valence-electron chi connectivity index (χ0n) is 11.1. The van der Waals surface area contributed by atoms with Crippen LogP contribution in [0.15, 0.2) is 36.4 Å². The molecule has 0 aliphatic rings. The average Bonchev–Trinajstić information content (AvgIpc) is 2.44. The van der Waals surface area contributed by atoms with E-state index < -0.39 is 29.3 Å². The summed E-state index contributed by atoms with van der Waals surface area (Å²) in [6.07, 6.45) is -4.69. The lowest BCUT2D eigenvalue weighted by atomic mass is 10.1. The first kappa shape index (κ1) is 17.4. The van der Waals surface area contributed by atoms with Crippen molar-refractivity contribution in [2.75, 3.05) is 10.6 Å².